The van der Waals surface area contributed by atoms with Gasteiger partial charge < -0.3 is 0 Å². The lowest BCUT2D eigenvalue weighted by Gasteiger charge is -2.03. The van der Waals surface area contributed by atoms with Crippen LogP contribution in [0.2, 0.25) is 0 Å². The van der Waals surface area contributed by atoms with Crippen molar-refractivity contribution in [2.24, 2.45) is 0 Å². The van der Waals surface area contributed by atoms with Crippen molar-refractivity contribution in [3.05, 3.63) is 40.1 Å². The maximum Gasteiger partial charge on any atom is 0.276 e. The summed E-state index contributed by atoms with van der Waals surface area (Å²) in [6, 6.07) is 3.67. The molecular formula is C9H9N3O. The highest BCUT2D eigenvalue weighted by molar-refractivity contribution is 5.51. The Balaban J connectivity index is 3.06. The highest BCUT2D eigenvalue weighted by atomic mass is 16.1. The predicted octanol–water partition coefficient (Wildman–Crippen LogP) is 0.706. The minimum absolute atomic E-state index is 0.175. The van der Waals surface area contributed by atoms with E-state index < -0.39 is 0 Å². The van der Waals surface area contributed by atoms with Gasteiger partial charge in [0.25, 0.3) is 5.56 Å². The SMILES string of the molecule is Cc1c(=O)nc(C)n2ncccc12. The summed E-state index contributed by atoms with van der Waals surface area (Å²) in [4.78, 5) is 15.1. The molecule has 0 aliphatic heterocycles. The van der Waals surface area contributed by atoms with E-state index in [1.165, 1.54) is 0 Å². The summed E-state index contributed by atoms with van der Waals surface area (Å²) >= 11 is 0. The molecule has 2 aromatic heterocycles. The minimum Gasteiger partial charge on any atom is -0.267 e. The highest BCUT2D eigenvalue weighted by Gasteiger charge is 2.03. The van der Waals surface area contributed by atoms with Gasteiger partial charge >= 0.3 is 0 Å². The van der Waals surface area contributed by atoms with Crippen molar-refractivity contribution in [1.29, 1.82) is 0 Å². The second-order valence-corrected chi connectivity index (χ2v) is 2.91. The van der Waals surface area contributed by atoms with E-state index in [9.17, 15) is 4.79 Å². The predicted molar refractivity (Wildman–Crippen MR) is 48.7 cm³/mol. The Bertz CT molecular complexity index is 516. The Labute approximate surface area is 74.9 Å². The molecule has 0 spiro atoms. The third-order valence-corrected chi connectivity index (χ3v) is 2.03. The number of hydrogen-bond acceptors (Lipinski definition) is 3. The van der Waals surface area contributed by atoms with Gasteiger partial charge in [-0.05, 0) is 26.0 Å². The van der Waals surface area contributed by atoms with Crippen molar-refractivity contribution in [3.63, 3.8) is 0 Å². The Morgan fingerprint density at radius 3 is 2.92 bits per heavy atom. The molecule has 0 N–H and O–H groups in total. The van der Waals surface area contributed by atoms with Crippen LogP contribution in [0.5, 0.6) is 0 Å². The van der Waals surface area contributed by atoms with E-state index >= 15 is 0 Å². The van der Waals surface area contributed by atoms with E-state index in [4.69, 9.17) is 0 Å². The molecule has 2 rings (SSSR count). The van der Waals surface area contributed by atoms with Crippen LogP contribution in [-0.2, 0) is 0 Å². The minimum atomic E-state index is -0.175. The zero-order valence-electron chi connectivity index (χ0n) is 7.48. The Morgan fingerprint density at radius 1 is 1.38 bits per heavy atom. The molecule has 0 aliphatic carbocycles. The van der Waals surface area contributed by atoms with Crippen molar-refractivity contribution >= 4 is 5.52 Å². The standard InChI is InChI=1S/C9H9N3O/c1-6-8-4-3-5-10-12(8)7(2)11-9(6)13/h3-5H,1-2H3. The smallest absolute Gasteiger partial charge is 0.267 e. The van der Waals surface area contributed by atoms with Gasteiger partial charge in [-0.1, -0.05) is 0 Å². The molecule has 13 heavy (non-hydrogen) atoms. The first kappa shape index (κ1) is 7.91. The molecule has 4 nitrogen and oxygen atoms in total. The largest absolute Gasteiger partial charge is 0.276 e. The quantitative estimate of drug-likeness (QED) is 0.592. The first-order valence-corrected chi connectivity index (χ1v) is 4.01. The molecule has 66 valence electrons. The summed E-state index contributed by atoms with van der Waals surface area (Å²) in [6.45, 7) is 3.52. The number of fused-ring (bicyclic) bond motifs is 1. The second kappa shape index (κ2) is 2.65. The van der Waals surface area contributed by atoms with Crippen molar-refractivity contribution in [2.75, 3.05) is 0 Å². The van der Waals surface area contributed by atoms with Crippen LogP contribution in [0.3, 0.4) is 0 Å². The van der Waals surface area contributed by atoms with Crippen molar-refractivity contribution in [1.82, 2.24) is 14.6 Å². The van der Waals surface area contributed by atoms with Crippen LogP contribution < -0.4 is 5.56 Å². The fourth-order valence-corrected chi connectivity index (χ4v) is 1.30. The summed E-state index contributed by atoms with van der Waals surface area (Å²) in [5, 5.41) is 4.10. The van der Waals surface area contributed by atoms with Gasteiger partial charge in [0, 0.05) is 11.8 Å². The van der Waals surface area contributed by atoms with E-state index in [1.807, 2.05) is 6.07 Å². The van der Waals surface area contributed by atoms with Gasteiger partial charge in [-0.15, -0.1) is 0 Å². The van der Waals surface area contributed by atoms with Crippen LogP contribution in [-0.4, -0.2) is 14.6 Å². The maximum absolute atomic E-state index is 11.3. The summed E-state index contributed by atoms with van der Waals surface area (Å²) < 4.78 is 1.66. The van der Waals surface area contributed by atoms with E-state index in [0.717, 1.165) is 5.52 Å². The topological polar surface area (TPSA) is 47.3 Å². The highest BCUT2D eigenvalue weighted by Crippen LogP contribution is 2.03. The molecule has 0 fully saturated rings. The van der Waals surface area contributed by atoms with Gasteiger partial charge in [-0.25, -0.2) is 4.52 Å². The summed E-state index contributed by atoms with van der Waals surface area (Å²) in [6.07, 6.45) is 1.67. The zero-order valence-corrected chi connectivity index (χ0v) is 7.48. The van der Waals surface area contributed by atoms with Crippen molar-refractivity contribution in [3.8, 4) is 0 Å². The molecule has 0 saturated carbocycles. The third kappa shape index (κ3) is 1.11. The second-order valence-electron chi connectivity index (χ2n) is 2.91. The summed E-state index contributed by atoms with van der Waals surface area (Å²) in [5.41, 5.74) is 1.28. The Kier molecular flexibility index (Phi) is 1.62. The maximum atomic E-state index is 11.3. The number of nitrogens with zero attached hydrogens (tertiary/aromatic N) is 3. The van der Waals surface area contributed by atoms with Gasteiger partial charge in [0.1, 0.15) is 5.82 Å². The number of rotatable bonds is 0. The lowest BCUT2D eigenvalue weighted by Crippen LogP contribution is -2.16. The summed E-state index contributed by atoms with van der Waals surface area (Å²) in [5.74, 6) is 0.617. The van der Waals surface area contributed by atoms with Gasteiger partial charge in [-0.2, -0.15) is 10.1 Å². The lowest BCUT2D eigenvalue weighted by atomic mass is 10.3. The Morgan fingerprint density at radius 2 is 2.15 bits per heavy atom. The van der Waals surface area contributed by atoms with Crippen molar-refractivity contribution in [2.45, 2.75) is 13.8 Å². The first-order chi connectivity index (χ1) is 6.20. The average Bonchev–Trinajstić information content (AvgIpc) is 2.15. The summed E-state index contributed by atoms with van der Waals surface area (Å²) in [7, 11) is 0. The fraction of sp³-hybridized carbons (Fsp3) is 0.222. The number of aromatic nitrogens is 3. The zero-order chi connectivity index (χ0) is 9.42. The molecule has 0 aromatic carbocycles. The van der Waals surface area contributed by atoms with E-state index in [1.54, 1.807) is 30.6 Å². The number of hydrogen-bond donors (Lipinski definition) is 0. The molecule has 2 aromatic rings. The first-order valence-electron chi connectivity index (χ1n) is 4.01. The lowest BCUT2D eigenvalue weighted by molar-refractivity contribution is 0.822. The van der Waals surface area contributed by atoms with Crippen molar-refractivity contribution < 1.29 is 0 Å². The fourth-order valence-electron chi connectivity index (χ4n) is 1.30. The molecule has 0 bridgehead atoms. The molecule has 2 heterocycles. The third-order valence-electron chi connectivity index (χ3n) is 2.03. The van der Waals surface area contributed by atoms with E-state index in [-0.39, 0.29) is 5.56 Å². The Hall–Kier alpha value is -1.71. The van der Waals surface area contributed by atoms with E-state index in [2.05, 4.69) is 10.1 Å². The average molecular weight is 175 g/mol. The molecular weight excluding hydrogens is 166 g/mol. The van der Waals surface area contributed by atoms with Gasteiger partial charge in [-0.3, -0.25) is 4.79 Å². The molecule has 0 unspecified atom stereocenters. The molecule has 0 amide bonds. The van der Waals surface area contributed by atoms with Crippen LogP contribution in [0.1, 0.15) is 11.4 Å². The normalized spacial score (nSPS) is 10.6. The van der Waals surface area contributed by atoms with Crippen LogP contribution >= 0.6 is 0 Å². The van der Waals surface area contributed by atoms with Crippen LogP contribution in [0.15, 0.2) is 23.1 Å². The van der Waals surface area contributed by atoms with Gasteiger partial charge in [0.2, 0.25) is 0 Å². The van der Waals surface area contributed by atoms with Crippen LogP contribution in [0.25, 0.3) is 5.52 Å². The molecule has 0 radical (unpaired) electrons. The van der Waals surface area contributed by atoms with Crippen LogP contribution in [0.4, 0.5) is 0 Å². The van der Waals surface area contributed by atoms with Crippen LogP contribution in [0, 0.1) is 13.8 Å². The monoisotopic (exact) mass is 175 g/mol. The molecule has 4 heteroatoms. The molecule has 0 atom stereocenters. The van der Waals surface area contributed by atoms with Gasteiger partial charge in [0.15, 0.2) is 0 Å². The van der Waals surface area contributed by atoms with Gasteiger partial charge in [0.05, 0.1) is 5.52 Å². The van der Waals surface area contributed by atoms with E-state index in [0.29, 0.717) is 11.4 Å². The molecule has 0 saturated heterocycles. The number of aryl methyl sites for hydroxylation is 2. The molecule has 0 aliphatic rings.